The van der Waals surface area contributed by atoms with Gasteiger partial charge in [0.15, 0.2) is 5.82 Å². The molecule has 0 amide bonds. The number of hydrogen-bond donors (Lipinski definition) is 3. The van der Waals surface area contributed by atoms with Crippen molar-refractivity contribution < 1.29 is 0 Å². The predicted molar refractivity (Wildman–Crippen MR) is 60.9 cm³/mol. The first kappa shape index (κ1) is 10.4. The SMILES string of the molecule is N=Cc1c(NN=N)nc(Cl)c2c1CSC2. The van der Waals surface area contributed by atoms with Crippen LogP contribution >= 0.6 is 23.4 Å². The molecule has 15 heavy (non-hydrogen) atoms. The third kappa shape index (κ3) is 1.70. The van der Waals surface area contributed by atoms with Crippen molar-refractivity contribution in [2.45, 2.75) is 11.5 Å². The summed E-state index contributed by atoms with van der Waals surface area (Å²) in [6.45, 7) is 0. The van der Waals surface area contributed by atoms with Crippen LogP contribution in [0.5, 0.6) is 0 Å². The lowest BCUT2D eigenvalue weighted by atomic mass is 10.1. The van der Waals surface area contributed by atoms with E-state index in [1.165, 1.54) is 6.21 Å². The van der Waals surface area contributed by atoms with E-state index in [1.807, 2.05) is 0 Å². The van der Waals surface area contributed by atoms with Crippen LogP contribution in [0.25, 0.3) is 0 Å². The van der Waals surface area contributed by atoms with Gasteiger partial charge in [-0.05, 0) is 5.56 Å². The first-order valence-electron chi connectivity index (χ1n) is 4.20. The van der Waals surface area contributed by atoms with Crippen molar-refractivity contribution in [3.63, 3.8) is 0 Å². The summed E-state index contributed by atoms with van der Waals surface area (Å²) in [7, 11) is 0. The summed E-state index contributed by atoms with van der Waals surface area (Å²) in [5.41, 5.74) is 11.9. The van der Waals surface area contributed by atoms with Crippen LogP contribution in [-0.4, -0.2) is 11.2 Å². The van der Waals surface area contributed by atoms with Crippen molar-refractivity contribution in [1.29, 1.82) is 10.9 Å². The molecular formula is C8H8ClN5S. The second-order valence-corrected chi connectivity index (χ2v) is 4.33. The van der Waals surface area contributed by atoms with E-state index in [1.54, 1.807) is 11.8 Å². The molecule has 1 aromatic rings. The molecule has 2 heterocycles. The molecule has 7 heteroatoms. The second kappa shape index (κ2) is 4.16. The molecule has 78 valence electrons. The minimum Gasteiger partial charge on any atom is -0.308 e. The Morgan fingerprint density at radius 2 is 2.20 bits per heavy atom. The molecule has 5 nitrogen and oxygen atoms in total. The maximum Gasteiger partial charge on any atom is 0.158 e. The third-order valence-electron chi connectivity index (χ3n) is 2.20. The number of aromatic nitrogens is 1. The van der Waals surface area contributed by atoms with Crippen molar-refractivity contribution in [3.05, 3.63) is 21.8 Å². The van der Waals surface area contributed by atoms with Crippen molar-refractivity contribution in [2.75, 3.05) is 5.43 Å². The fraction of sp³-hybridized carbons (Fsp3) is 0.250. The number of nitrogens with zero attached hydrogens (tertiary/aromatic N) is 2. The zero-order chi connectivity index (χ0) is 10.8. The molecule has 0 fully saturated rings. The zero-order valence-corrected chi connectivity index (χ0v) is 9.24. The molecule has 1 aliphatic heterocycles. The van der Waals surface area contributed by atoms with E-state index in [2.05, 4.69) is 15.6 Å². The molecule has 3 N–H and O–H groups in total. The molecule has 1 aromatic heterocycles. The lowest BCUT2D eigenvalue weighted by Crippen LogP contribution is -2.03. The van der Waals surface area contributed by atoms with E-state index in [0.717, 1.165) is 22.6 Å². The van der Waals surface area contributed by atoms with Crippen LogP contribution < -0.4 is 5.43 Å². The van der Waals surface area contributed by atoms with Gasteiger partial charge in [-0.1, -0.05) is 16.8 Å². The Morgan fingerprint density at radius 3 is 2.87 bits per heavy atom. The fourth-order valence-electron chi connectivity index (χ4n) is 1.52. The van der Waals surface area contributed by atoms with Crippen LogP contribution in [0.2, 0.25) is 5.15 Å². The molecular weight excluding hydrogens is 234 g/mol. The van der Waals surface area contributed by atoms with Gasteiger partial charge in [-0.25, -0.2) is 10.4 Å². The van der Waals surface area contributed by atoms with Gasteiger partial charge in [-0.2, -0.15) is 17.3 Å². The number of thioether (sulfide) groups is 1. The Bertz CT molecular complexity index is 434. The van der Waals surface area contributed by atoms with Gasteiger partial charge >= 0.3 is 0 Å². The summed E-state index contributed by atoms with van der Waals surface area (Å²) in [4.78, 5) is 4.08. The zero-order valence-electron chi connectivity index (χ0n) is 7.67. The monoisotopic (exact) mass is 241 g/mol. The highest BCUT2D eigenvalue weighted by Gasteiger charge is 2.21. The van der Waals surface area contributed by atoms with Gasteiger partial charge in [0.1, 0.15) is 5.15 Å². The average Bonchev–Trinajstić information content (AvgIpc) is 2.68. The number of anilines is 1. The number of halogens is 1. The largest absolute Gasteiger partial charge is 0.308 e. The highest BCUT2D eigenvalue weighted by atomic mass is 35.5. The summed E-state index contributed by atoms with van der Waals surface area (Å²) in [5.74, 6) is 2.04. The minimum absolute atomic E-state index is 0.381. The molecule has 0 spiro atoms. The molecule has 0 unspecified atom stereocenters. The average molecular weight is 242 g/mol. The number of nitrogens with one attached hydrogen (secondary N) is 3. The summed E-state index contributed by atoms with van der Waals surface area (Å²) in [6.07, 6.45) is 1.22. The standard InChI is InChI=1S/C8H8ClN5S/c9-7-6-3-15-2-5(6)4(1-10)8(12-7)13-14-11/h1,10H,2-3H2,(H2,11,12,13). The molecule has 0 atom stereocenters. The predicted octanol–water partition coefficient (Wildman–Crippen LogP) is 2.84. The van der Waals surface area contributed by atoms with Crippen LogP contribution in [0.4, 0.5) is 5.82 Å². The number of pyridine rings is 1. The van der Waals surface area contributed by atoms with Gasteiger partial charge in [0.25, 0.3) is 0 Å². The van der Waals surface area contributed by atoms with Crippen LogP contribution in [0, 0.1) is 10.9 Å². The Kier molecular flexibility index (Phi) is 2.88. The smallest absolute Gasteiger partial charge is 0.158 e. The van der Waals surface area contributed by atoms with Crippen molar-refractivity contribution in [3.8, 4) is 0 Å². The normalized spacial score (nSPS) is 13.4. The summed E-state index contributed by atoms with van der Waals surface area (Å²) in [5, 5.41) is 10.8. The number of rotatable bonds is 3. The van der Waals surface area contributed by atoms with Gasteiger partial charge in [-0.3, -0.25) is 0 Å². The van der Waals surface area contributed by atoms with E-state index >= 15 is 0 Å². The summed E-state index contributed by atoms with van der Waals surface area (Å²) < 4.78 is 0. The Morgan fingerprint density at radius 1 is 1.47 bits per heavy atom. The van der Waals surface area contributed by atoms with E-state index in [0.29, 0.717) is 16.5 Å². The maximum atomic E-state index is 7.34. The first-order valence-corrected chi connectivity index (χ1v) is 5.73. The highest BCUT2D eigenvalue weighted by Crippen LogP contribution is 2.37. The molecule has 0 aliphatic carbocycles. The summed E-state index contributed by atoms with van der Waals surface area (Å²) >= 11 is 7.74. The molecule has 0 saturated carbocycles. The van der Waals surface area contributed by atoms with Crippen LogP contribution in [0.3, 0.4) is 0 Å². The second-order valence-electron chi connectivity index (χ2n) is 2.98. The molecule has 0 saturated heterocycles. The summed E-state index contributed by atoms with van der Waals surface area (Å²) in [6, 6.07) is 0. The number of fused-ring (bicyclic) bond motifs is 1. The maximum absolute atomic E-state index is 7.34. The quantitative estimate of drug-likeness (QED) is 0.329. The Hall–Kier alpha value is -1.14. The van der Waals surface area contributed by atoms with E-state index in [-0.39, 0.29) is 0 Å². The first-order chi connectivity index (χ1) is 7.27. The van der Waals surface area contributed by atoms with E-state index < -0.39 is 0 Å². The molecule has 0 bridgehead atoms. The van der Waals surface area contributed by atoms with Gasteiger partial charge in [-0.15, -0.1) is 0 Å². The van der Waals surface area contributed by atoms with Gasteiger partial charge < -0.3 is 5.41 Å². The molecule has 1 aliphatic rings. The topological polar surface area (TPSA) is 85.0 Å². The Balaban J connectivity index is 2.62. The third-order valence-corrected chi connectivity index (χ3v) is 3.50. The molecule has 2 rings (SSSR count). The van der Waals surface area contributed by atoms with Crippen LogP contribution in [0.1, 0.15) is 16.7 Å². The highest BCUT2D eigenvalue weighted by molar-refractivity contribution is 7.98. The van der Waals surface area contributed by atoms with Crippen LogP contribution in [0.15, 0.2) is 5.22 Å². The van der Waals surface area contributed by atoms with Crippen molar-refractivity contribution in [2.24, 2.45) is 5.22 Å². The lowest BCUT2D eigenvalue weighted by molar-refractivity contribution is 1.03. The number of hydrogen-bond acceptors (Lipinski definition) is 5. The lowest BCUT2D eigenvalue weighted by Gasteiger charge is -2.09. The van der Waals surface area contributed by atoms with E-state index in [9.17, 15) is 0 Å². The Labute approximate surface area is 95.6 Å². The van der Waals surface area contributed by atoms with E-state index in [4.69, 9.17) is 22.5 Å². The van der Waals surface area contributed by atoms with Crippen molar-refractivity contribution >= 4 is 35.4 Å². The van der Waals surface area contributed by atoms with Crippen molar-refractivity contribution in [1.82, 2.24) is 4.98 Å². The minimum atomic E-state index is 0.381. The molecule has 0 aromatic carbocycles. The van der Waals surface area contributed by atoms with Crippen LogP contribution in [-0.2, 0) is 11.5 Å². The fourth-order valence-corrected chi connectivity index (χ4v) is 3.01. The van der Waals surface area contributed by atoms with Gasteiger partial charge in [0.2, 0.25) is 0 Å². The van der Waals surface area contributed by atoms with Gasteiger partial charge in [0, 0.05) is 28.8 Å². The molecule has 0 radical (unpaired) electrons. The van der Waals surface area contributed by atoms with Gasteiger partial charge in [0.05, 0.1) is 0 Å².